The molecule has 1 atom stereocenters. The van der Waals surface area contributed by atoms with E-state index in [0.717, 1.165) is 29.4 Å². The van der Waals surface area contributed by atoms with Gasteiger partial charge in [0.05, 0.1) is 27.5 Å². The number of halogens is 5. The molecule has 1 aromatic heterocycles. The van der Waals surface area contributed by atoms with Crippen molar-refractivity contribution < 1.29 is 18.0 Å². The van der Waals surface area contributed by atoms with E-state index in [-0.39, 0.29) is 10.7 Å². The molecule has 0 saturated carbocycles. The fourth-order valence-electron chi connectivity index (χ4n) is 2.56. The smallest absolute Gasteiger partial charge is 0.325 e. The number of imidazole rings is 1. The number of alkyl halides is 3. The van der Waals surface area contributed by atoms with E-state index in [9.17, 15) is 18.0 Å². The van der Waals surface area contributed by atoms with Gasteiger partial charge in [0.25, 0.3) is 0 Å². The number of nitrogens with one attached hydrogen (secondary N) is 1. The van der Waals surface area contributed by atoms with E-state index in [1.165, 1.54) is 6.07 Å². The minimum absolute atomic E-state index is 0.0638. The largest absolute Gasteiger partial charge is 0.418 e. The maximum absolute atomic E-state index is 13.2. The molecule has 28 heavy (non-hydrogen) atoms. The topological polar surface area (TPSA) is 46.9 Å². The van der Waals surface area contributed by atoms with Crippen molar-refractivity contribution in [2.75, 3.05) is 5.32 Å². The van der Waals surface area contributed by atoms with Crippen LogP contribution < -0.4 is 5.32 Å². The lowest BCUT2D eigenvalue weighted by Crippen LogP contribution is -2.24. The van der Waals surface area contributed by atoms with E-state index in [0.29, 0.717) is 15.7 Å². The molecule has 0 aliphatic carbocycles. The molecule has 0 saturated heterocycles. The average Bonchev–Trinajstić information content (AvgIpc) is 2.90. The van der Waals surface area contributed by atoms with Crippen LogP contribution in [-0.2, 0) is 18.0 Å². The molecule has 1 unspecified atom stereocenters. The first-order chi connectivity index (χ1) is 13.1. The fourth-order valence-corrected chi connectivity index (χ4v) is 3.79. The molecule has 10 heteroatoms. The summed E-state index contributed by atoms with van der Waals surface area (Å²) < 4.78 is 41.4. The molecule has 1 heterocycles. The first-order valence-electron chi connectivity index (χ1n) is 8.02. The van der Waals surface area contributed by atoms with Crippen LogP contribution in [0.4, 0.5) is 18.9 Å². The number of thioether (sulfide) groups is 1. The number of fused-ring (bicyclic) bond motifs is 1. The summed E-state index contributed by atoms with van der Waals surface area (Å²) in [5.41, 5.74) is 0.160. The van der Waals surface area contributed by atoms with Gasteiger partial charge in [0, 0.05) is 17.1 Å². The molecule has 3 rings (SSSR count). The van der Waals surface area contributed by atoms with Crippen LogP contribution in [-0.4, -0.2) is 20.7 Å². The predicted molar refractivity (Wildman–Crippen MR) is 106 cm³/mol. The minimum Gasteiger partial charge on any atom is -0.325 e. The fraction of sp³-hybridized carbons (Fsp3) is 0.222. The molecule has 0 radical (unpaired) electrons. The summed E-state index contributed by atoms with van der Waals surface area (Å²) >= 11 is 12.8. The van der Waals surface area contributed by atoms with Crippen molar-refractivity contribution in [2.45, 2.75) is 23.5 Å². The highest BCUT2D eigenvalue weighted by Gasteiger charge is 2.34. The Balaban J connectivity index is 1.80. The third-order valence-corrected chi connectivity index (χ3v) is 5.61. The van der Waals surface area contributed by atoms with Gasteiger partial charge in [0.1, 0.15) is 0 Å². The van der Waals surface area contributed by atoms with Crippen molar-refractivity contribution in [3.05, 3.63) is 52.0 Å². The average molecular weight is 448 g/mol. The molecule has 148 valence electrons. The summed E-state index contributed by atoms with van der Waals surface area (Å²) in [6, 6.07) is 8.45. The summed E-state index contributed by atoms with van der Waals surface area (Å²) in [7, 11) is 1.79. The molecule has 2 aromatic carbocycles. The molecule has 0 aliphatic heterocycles. The van der Waals surface area contributed by atoms with Gasteiger partial charge in [-0.05, 0) is 43.3 Å². The molecule has 4 nitrogen and oxygen atoms in total. The van der Waals surface area contributed by atoms with Crippen LogP contribution in [0.5, 0.6) is 0 Å². The van der Waals surface area contributed by atoms with Gasteiger partial charge < -0.3 is 9.88 Å². The lowest BCUT2D eigenvalue weighted by molar-refractivity contribution is -0.137. The molecule has 1 N–H and O–H groups in total. The number of benzene rings is 2. The number of carbonyl (C=O) groups excluding carboxylic acids is 1. The highest BCUT2D eigenvalue weighted by atomic mass is 35.5. The molecule has 0 bridgehead atoms. The predicted octanol–water partition coefficient (Wildman–Crippen LogP) is 6.02. The van der Waals surface area contributed by atoms with Gasteiger partial charge >= 0.3 is 6.18 Å². The third kappa shape index (κ3) is 4.39. The second-order valence-electron chi connectivity index (χ2n) is 6.02. The summed E-state index contributed by atoms with van der Waals surface area (Å²) in [5, 5.41) is 2.66. The number of aromatic nitrogens is 2. The number of carbonyl (C=O) groups is 1. The molecule has 0 spiro atoms. The van der Waals surface area contributed by atoms with Crippen molar-refractivity contribution >= 4 is 57.6 Å². The molecular formula is C18H14Cl2F3N3OS. The summed E-state index contributed by atoms with van der Waals surface area (Å²) in [4.78, 5) is 16.9. The van der Waals surface area contributed by atoms with Crippen LogP contribution in [0.1, 0.15) is 12.5 Å². The van der Waals surface area contributed by atoms with Crippen molar-refractivity contribution in [3.63, 3.8) is 0 Å². The van der Waals surface area contributed by atoms with Gasteiger partial charge in [0.2, 0.25) is 5.91 Å². The van der Waals surface area contributed by atoms with Crippen LogP contribution in [0.3, 0.4) is 0 Å². The zero-order valence-corrected chi connectivity index (χ0v) is 17.0. The maximum atomic E-state index is 13.2. The van der Waals surface area contributed by atoms with E-state index >= 15 is 0 Å². The van der Waals surface area contributed by atoms with Gasteiger partial charge in [-0.1, -0.05) is 35.0 Å². The number of rotatable bonds is 4. The van der Waals surface area contributed by atoms with Crippen molar-refractivity contribution in [2.24, 2.45) is 7.05 Å². The Bertz CT molecular complexity index is 1050. The first-order valence-corrected chi connectivity index (χ1v) is 9.66. The Morgan fingerprint density at radius 2 is 1.82 bits per heavy atom. The summed E-state index contributed by atoms with van der Waals surface area (Å²) in [5.74, 6) is -0.581. The maximum Gasteiger partial charge on any atom is 0.418 e. The van der Waals surface area contributed by atoms with E-state index in [1.807, 2.05) is 6.07 Å². The number of hydrogen-bond acceptors (Lipinski definition) is 3. The van der Waals surface area contributed by atoms with Gasteiger partial charge in [0.15, 0.2) is 5.16 Å². The number of amides is 1. The van der Waals surface area contributed by atoms with Crippen LogP contribution in [0.2, 0.25) is 10.0 Å². The van der Waals surface area contributed by atoms with E-state index in [1.54, 1.807) is 30.7 Å². The van der Waals surface area contributed by atoms with E-state index in [4.69, 9.17) is 23.2 Å². The molecule has 0 aliphatic rings. The number of anilines is 1. The molecule has 3 aromatic rings. The molecular weight excluding hydrogens is 434 g/mol. The van der Waals surface area contributed by atoms with Crippen LogP contribution in [0.25, 0.3) is 11.0 Å². The van der Waals surface area contributed by atoms with E-state index < -0.39 is 22.9 Å². The van der Waals surface area contributed by atoms with E-state index in [2.05, 4.69) is 10.3 Å². The Hall–Kier alpha value is -1.90. The van der Waals surface area contributed by atoms with Crippen LogP contribution in [0.15, 0.2) is 41.6 Å². The first kappa shape index (κ1) is 20.8. The number of nitrogens with zero attached hydrogens (tertiary/aromatic N) is 2. The quantitative estimate of drug-likeness (QED) is 0.497. The normalized spacial score (nSPS) is 13.0. The standard InChI is InChI=1S/C18H14Cl2F3N3OS/c1-9(28-17-25-14-8-11(20)4-6-15(14)26(17)2)16(27)24-13-5-3-10(19)7-12(13)18(21,22)23/h3-9H,1-2H3,(H,24,27). The Labute approximate surface area is 173 Å². The van der Waals surface area contributed by atoms with Crippen LogP contribution >= 0.6 is 35.0 Å². The number of aryl methyl sites for hydroxylation is 1. The Kier molecular flexibility index (Phi) is 5.84. The minimum atomic E-state index is -4.64. The summed E-state index contributed by atoms with van der Waals surface area (Å²) in [6.45, 7) is 1.59. The lowest BCUT2D eigenvalue weighted by Gasteiger charge is -2.16. The summed E-state index contributed by atoms with van der Waals surface area (Å²) in [6.07, 6.45) is -4.64. The second-order valence-corrected chi connectivity index (χ2v) is 8.20. The lowest BCUT2D eigenvalue weighted by atomic mass is 10.1. The SMILES string of the molecule is CC(Sc1nc2cc(Cl)ccc2n1C)C(=O)Nc1ccc(Cl)cc1C(F)(F)F. The van der Waals surface area contributed by atoms with Gasteiger partial charge in [-0.3, -0.25) is 4.79 Å². The van der Waals surface area contributed by atoms with Crippen LogP contribution in [0, 0.1) is 0 Å². The molecule has 1 amide bonds. The van der Waals surface area contributed by atoms with Crippen molar-refractivity contribution in [1.82, 2.24) is 9.55 Å². The third-order valence-electron chi connectivity index (χ3n) is 4.00. The highest BCUT2D eigenvalue weighted by Crippen LogP contribution is 2.37. The van der Waals surface area contributed by atoms with Gasteiger partial charge in [-0.15, -0.1) is 0 Å². The zero-order valence-electron chi connectivity index (χ0n) is 14.6. The second kappa shape index (κ2) is 7.85. The Morgan fingerprint density at radius 1 is 1.18 bits per heavy atom. The van der Waals surface area contributed by atoms with Gasteiger partial charge in [-0.25, -0.2) is 4.98 Å². The Morgan fingerprint density at radius 3 is 2.50 bits per heavy atom. The highest BCUT2D eigenvalue weighted by molar-refractivity contribution is 8.00. The molecule has 0 fully saturated rings. The van der Waals surface area contributed by atoms with Crippen molar-refractivity contribution in [1.29, 1.82) is 0 Å². The monoisotopic (exact) mass is 447 g/mol. The van der Waals surface area contributed by atoms with Crippen molar-refractivity contribution in [3.8, 4) is 0 Å². The van der Waals surface area contributed by atoms with Gasteiger partial charge in [-0.2, -0.15) is 13.2 Å². The zero-order chi connectivity index (χ0) is 20.6. The number of hydrogen-bond donors (Lipinski definition) is 1.